The lowest BCUT2D eigenvalue weighted by molar-refractivity contribution is 1.02. The van der Waals surface area contributed by atoms with Gasteiger partial charge in [0.2, 0.25) is 0 Å². The van der Waals surface area contributed by atoms with Crippen LogP contribution in [0.1, 0.15) is 0 Å². The Morgan fingerprint density at radius 1 is 0.339 bits per heavy atom. The predicted molar refractivity (Wildman–Crippen MR) is 230 cm³/mol. The Morgan fingerprint density at radius 2 is 0.696 bits per heavy atom. The van der Waals surface area contributed by atoms with E-state index in [1.165, 1.54) is 0 Å². The molecule has 4 heterocycles. The van der Waals surface area contributed by atoms with Crippen LogP contribution in [-0.4, -0.2) is 30.8 Å². The third-order valence-electron chi connectivity index (χ3n) is 10.8. The zero-order valence-electron chi connectivity index (χ0n) is 30.3. The fourth-order valence-electron chi connectivity index (χ4n) is 8.47. The minimum Gasteiger partial charge on any atom is -0.296 e. The summed E-state index contributed by atoms with van der Waals surface area (Å²) < 4.78 is 4.83. The highest BCUT2D eigenvalue weighted by atomic mass is 15.3. The fraction of sp³-hybridized carbons (Fsp3) is 0. The van der Waals surface area contributed by atoms with E-state index in [0.717, 1.165) is 72.6 Å². The van der Waals surface area contributed by atoms with Crippen molar-refractivity contribution in [2.45, 2.75) is 0 Å². The second-order valence-electron chi connectivity index (χ2n) is 14.0. The van der Waals surface area contributed by atoms with Gasteiger partial charge in [0, 0.05) is 28.2 Å². The van der Waals surface area contributed by atoms with Crippen LogP contribution in [0.2, 0.25) is 0 Å². The molecule has 7 heteroatoms. The van der Waals surface area contributed by atoms with Gasteiger partial charge >= 0.3 is 0 Å². The van der Waals surface area contributed by atoms with Crippen LogP contribution in [0.15, 0.2) is 200 Å². The lowest BCUT2D eigenvalue weighted by Gasteiger charge is -2.35. The maximum Gasteiger partial charge on any atom is 0.299 e. The minimum atomic E-state index is -0.377. The summed E-state index contributed by atoms with van der Waals surface area (Å²) in [4.78, 5) is 18.5. The van der Waals surface area contributed by atoms with Gasteiger partial charge in [0.1, 0.15) is 17.4 Å². The van der Waals surface area contributed by atoms with E-state index in [1.807, 2.05) is 36.4 Å². The molecular formula is C49H33BN6. The van der Waals surface area contributed by atoms with Crippen molar-refractivity contribution in [2.75, 3.05) is 4.90 Å². The number of hydrogen-bond acceptors (Lipinski definition) is 4. The van der Waals surface area contributed by atoms with Gasteiger partial charge in [-0.1, -0.05) is 152 Å². The lowest BCUT2D eigenvalue weighted by Crippen LogP contribution is -2.59. The Balaban J connectivity index is 1.35. The van der Waals surface area contributed by atoms with Crippen LogP contribution in [0.5, 0.6) is 0 Å². The average molecular weight is 717 g/mol. The minimum absolute atomic E-state index is 0.377. The molecule has 262 valence electrons. The first kappa shape index (κ1) is 32.0. The van der Waals surface area contributed by atoms with E-state index >= 15 is 0 Å². The van der Waals surface area contributed by atoms with Gasteiger partial charge < -0.3 is 0 Å². The molecule has 10 aromatic rings. The van der Waals surface area contributed by atoms with Crippen LogP contribution in [0, 0.1) is 0 Å². The number of para-hydroxylation sites is 5. The first-order valence-electron chi connectivity index (χ1n) is 18.9. The molecule has 11 rings (SSSR count). The van der Waals surface area contributed by atoms with E-state index in [1.54, 1.807) is 0 Å². The molecule has 0 aliphatic carbocycles. The van der Waals surface area contributed by atoms with E-state index in [9.17, 15) is 0 Å². The molecule has 0 saturated heterocycles. The van der Waals surface area contributed by atoms with Crippen LogP contribution in [0.3, 0.4) is 0 Å². The van der Waals surface area contributed by atoms with Crippen LogP contribution in [-0.2, 0) is 0 Å². The zero-order chi connectivity index (χ0) is 37.0. The van der Waals surface area contributed by atoms with E-state index < -0.39 is 0 Å². The monoisotopic (exact) mass is 716 g/mol. The number of benzene rings is 7. The zero-order valence-corrected chi connectivity index (χ0v) is 30.3. The molecule has 0 fully saturated rings. The highest BCUT2D eigenvalue weighted by Gasteiger charge is 2.46. The number of nitrogens with zero attached hydrogens (tertiary/aromatic N) is 6. The quantitative estimate of drug-likeness (QED) is 0.161. The van der Waals surface area contributed by atoms with Crippen molar-refractivity contribution in [2.24, 2.45) is 0 Å². The van der Waals surface area contributed by atoms with Crippen molar-refractivity contribution in [3.8, 4) is 34.2 Å². The van der Waals surface area contributed by atoms with Crippen molar-refractivity contribution < 1.29 is 0 Å². The summed E-state index contributed by atoms with van der Waals surface area (Å²) in [6.07, 6.45) is 0. The van der Waals surface area contributed by atoms with E-state index in [4.69, 9.17) is 15.0 Å². The lowest BCUT2D eigenvalue weighted by atomic mass is 9.38. The number of aromatic nitrogens is 5. The Bertz CT molecular complexity index is 2830. The molecule has 0 radical (unpaired) electrons. The fourth-order valence-corrected chi connectivity index (χ4v) is 8.47. The van der Waals surface area contributed by atoms with Gasteiger partial charge in [-0.15, -0.1) is 0 Å². The third kappa shape index (κ3) is 5.02. The Morgan fingerprint density at radius 3 is 1.12 bits per heavy atom. The highest BCUT2D eigenvalue weighted by Crippen LogP contribution is 2.44. The normalized spacial score (nSPS) is 12.2. The summed E-state index contributed by atoms with van der Waals surface area (Å²) in [6, 6.07) is 70.1. The summed E-state index contributed by atoms with van der Waals surface area (Å²) >= 11 is 0. The smallest absolute Gasteiger partial charge is 0.296 e. The Labute approximate surface area is 324 Å². The second kappa shape index (κ2) is 13.1. The Kier molecular flexibility index (Phi) is 7.48. The summed E-state index contributed by atoms with van der Waals surface area (Å²) in [7, 11) is 0. The molecule has 0 unspecified atom stereocenters. The van der Waals surface area contributed by atoms with Gasteiger partial charge in [-0.3, -0.25) is 14.0 Å². The average Bonchev–Trinajstić information content (AvgIpc) is 3.80. The number of anilines is 3. The third-order valence-corrected chi connectivity index (χ3v) is 10.8. The summed E-state index contributed by atoms with van der Waals surface area (Å²) in [6.45, 7) is -0.377. The van der Waals surface area contributed by atoms with Crippen molar-refractivity contribution in [3.05, 3.63) is 200 Å². The van der Waals surface area contributed by atoms with E-state index in [2.05, 4.69) is 178 Å². The second-order valence-corrected chi connectivity index (χ2v) is 14.0. The van der Waals surface area contributed by atoms with Crippen LogP contribution in [0.4, 0.5) is 17.3 Å². The molecule has 3 aromatic heterocycles. The van der Waals surface area contributed by atoms with Crippen molar-refractivity contribution in [3.63, 3.8) is 0 Å². The van der Waals surface area contributed by atoms with Gasteiger partial charge in [0.25, 0.3) is 6.71 Å². The SMILES string of the molecule is c1ccc(-c2nc(B3c4c(n(-c5ccccc5)c5ccccc45)N(c4ccccc4)c4c3c3ccccc3n4-c3ccccc3)nc(-c3ccccc3)n2)cc1. The van der Waals surface area contributed by atoms with Crippen molar-refractivity contribution in [1.82, 2.24) is 24.1 Å². The molecule has 6 nitrogen and oxygen atoms in total. The first-order chi connectivity index (χ1) is 27.8. The molecule has 0 spiro atoms. The van der Waals surface area contributed by atoms with Crippen LogP contribution < -0.4 is 21.5 Å². The van der Waals surface area contributed by atoms with Crippen molar-refractivity contribution >= 4 is 62.5 Å². The molecule has 0 saturated carbocycles. The molecule has 56 heavy (non-hydrogen) atoms. The number of hydrogen-bond donors (Lipinski definition) is 0. The molecule has 0 N–H and O–H groups in total. The van der Waals surface area contributed by atoms with Gasteiger partial charge in [-0.25, -0.2) is 15.0 Å². The van der Waals surface area contributed by atoms with Gasteiger partial charge in [0.05, 0.1) is 11.0 Å². The van der Waals surface area contributed by atoms with E-state index in [-0.39, 0.29) is 6.71 Å². The van der Waals surface area contributed by atoms with Crippen molar-refractivity contribution in [1.29, 1.82) is 0 Å². The first-order valence-corrected chi connectivity index (χ1v) is 18.9. The van der Waals surface area contributed by atoms with Crippen LogP contribution >= 0.6 is 0 Å². The van der Waals surface area contributed by atoms with E-state index in [0.29, 0.717) is 17.4 Å². The van der Waals surface area contributed by atoms with Gasteiger partial charge in [-0.2, -0.15) is 0 Å². The van der Waals surface area contributed by atoms with Gasteiger partial charge in [-0.05, 0) is 70.2 Å². The molecule has 1 aliphatic rings. The van der Waals surface area contributed by atoms with Crippen LogP contribution in [0.25, 0.3) is 56.0 Å². The molecular weight excluding hydrogens is 683 g/mol. The maximum absolute atomic E-state index is 5.47. The molecule has 0 amide bonds. The summed E-state index contributed by atoms with van der Waals surface area (Å²) in [5.41, 5.74) is 10.3. The summed E-state index contributed by atoms with van der Waals surface area (Å²) in [5, 5.41) is 2.28. The molecule has 1 aliphatic heterocycles. The molecule has 7 aromatic carbocycles. The maximum atomic E-state index is 5.47. The number of fused-ring (bicyclic) bond motifs is 6. The topological polar surface area (TPSA) is 51.8 Å². The molecule has 0 atom stereocenters. The standard InChI is InChI=1S/C49H33BN6/c1-6-20-34(21-7-1)45-51-46(35-22-8-2-9-23-35)53-49(52-45)50-43-39-30-16-18-32-41(39)54(36-24-10-3-11-25-36)47(43)56(38-28-14-5-15-29-38)48-44(50)40-31-17-19-33-42(40)55(48)37-26-12-4-13-27-37/h1-33H. The number of rotatable bonds is 6. The predicted octanol–water partition coefficient (Wildman–Crippen LogP) is 9.39. The Hall–Kier alpha value is -7.51. The highest BCUT2D eigenvalue weighted by molar-refractivity contribution is 7.00. The largest absolute Gasteiger partial charge is 0.299 e. The molecule has 0 bridgehead atoms. The summed E-state index contributed by atoms with van der Waals surface area (Å²) in [5.74, 6) is 3.37. The van der Waals surface area contributed by atoms with Gasteiger partial charge in [0.15, 0.2) is 11.6 Å².